The molecule has 0 heterocycles. The van der Waals surface area contributed by atoms with Crippen molar-refractivity contribution in [3.8, 4) is 0 Å². The van der Waals surface area contributed by atoms with E-state index in [1.807, 2.05) is 6.08 Å². The van der Waals surface area contributed by atoms with Gasteiger partial charge in [-0.2, -0.15) is 0 Å². The quantitative estimate of drug-likeness (QED) is 0.517. The maximum absolute atomic E-state index is 3.51. The molecule has 0 aliphatic heterocycles. The predicted octanol–water partition coefficient (Wildman–Crippen LogP) is 2.14. The molecule has 0 bridgehead atoms. The molecule has 0 fully saturated rings. The van der Waals surface area contributed by atoms with Gasteiger partial charge < -0.3 is 0 Å². The maximum atomic E-state index is 3.51. The van der Waals surface area contributed by atoms with E-state index >= 15 is 0 Å². The summed E-state index contributed by atoms with van der Waals surface area (Å²) in [6, 6.07) is 0. The summed E-state index contributed by atoms with van der Waals surface area (Å²) in [5, 5.41) is 0. The first kappa shape index (κ1) is 10.1. The van der Waals surface area contributed by atoms with Gasteiger partial charge in [0.15, 0.2) is 0 Å². The molecular weight excluding hydrogens is 131 g/mol. The molecule has 43 valence electrons. The summed E-state index contributed by atoms with van der Waals surface area (Å²) in [5.41, 5.74) is 0. The van der Waals surface area contributed by atoms with Crippen molar-refractivity contribution in [2.24, 2.45) is 0 Å². The van der Waals surface area contributed by atoms with Gasteiger partial charge in [0.25, 0.3) is 0 Å². The topological polar surface area (TPSA) is 0 Å². The van der Waals surface area contributed by atoms with Crippen LogP contribution < -0.4 is 0 Å². The maximum Gasteiger partial charge on any atom is 0 e. The molecule has 0 atom stereocenters. The van der Waals surface area contributed by atoms with Crippen LogP contribution in [0.25, 0.3) is 0 Å². The molecule has 7 heavy (non-hydrogen) atoms. The minimum atomic E-state index is 0. The Bertz CT molecular complexity index is 55.2. The van der Waals surface area contributed by atoms with Crippen LogP contribution in [0.3, 0.4) is 0 Å². The molecule has 1 radical (unpaired) electrons. The molecule has 0 nitrogen and oxygen atoms in total. The minimum Gasteiger partial charge on any atom is -0.0991 e. The molecule has 0 spiro atoms. The largest absolute Gasteiger partial charge is 0.0991 e. The number of rotatable bonds is 2. The zero-order valence-electron chi connectivity index (χ0n) is 4.48. The fourth-order valence-corrected chi connectivity index (χ4v) is 0.232. The fourth-order valence-electron chi connectivity index (χ4n) is 0.232. The van der Waals surface area contributed by atoms with E-state index in [0.717, 1.165) is 6.42 Å². The van der Waals surface area contributed by atoms with Crippen LogP contribution >= 0.6 is 0 Å². The molecule has 0 aliphatic carbocycles. The van der Waals surface area contributed by atoms with Gasteiger partial charge in [-0.05, 0) is 6.42 Å². The van der Waals surface area contributed by atoms with Crippen LogP contribution in [0.1, 0.15) is 13.3 Å². The SMILES string of the molecule is C=CC=CCC.[Co]. The Balaban J connectivity index is 0. The van der Waals surface area contributed by atoms with Crippen molar-refractivity contribution in [1.82, 2.24) is 0 Å². The zero-order valence-corrected chi connectivity index (χ0v) is 5.52. The van der Waals surface area contributed by atoms with E-state index in [0.29, 0.717) is 0 Å². The number of hydrogen-bond donors (Lipinski definition) is 0. The van der Waals surface area contributed by atoms with Crippen LogP contribution in [0.5, 0.6) is 0 Å². The average Bonchev–Trinajstić information content (AvgIpc) is 1.61. The first-order valence-corrected chi connectivity index (χ1v) is 2.19. The second-order valence-electron chi connectivity index (χ2n) is 1.07. The number of allylic oxidation sites excluding steroid dienone is 3. The van der Waals surface area contributed by atoms with Crippen molar-refractivity contribution in [3.63, 3.8) is 0 Å². The van der Waals surface area contributed by atoms with E-state index in [-0.39, 0.29) is 16.8 Å². The molecule has 0 saturated heterocycles. The monoisotopic (exact) mass is 141 g/mol. The Kier molecular flexibility index (Phi) is 13.5. The molecule has 0 aliphatic rings. The van der Waals surface area contributed by atoms with Crippen LogP contribution in [-0.2, 0) is 16.8 Å². The van der Waals surface area contributed by atoms with Gasteiger partial charge in [0.1, 0.15) is 0 Å². The summed E-state index contributed by atoms with van der Waals surface area (Å²) in [6.45, 7) is 5.61. The normalized spacial score (nSPS) is 8.14. The van der Waals surface area contributed by atoms with Gasteiger partial charge in [0.05, 0.1) is 0 Å². The van der Waals surface area contributed by atoms with Gasteiger partial charge in [-0.15, -0.1) is 0 Å². The molecule has 0 aromatic carbocycles. The number of hydrogen-bond acceptors (Lipinski definition) is 0. The van der Waals surface area contributed by atoms with Gasteiger partial charge >= 0.3 is 0 Å². The minimum absolute atomic E-state index is 0. The fraction of sp³-hybridized carbons (Fsp3) is 0.333. The molecule has 0 rings (SSSR count). The Labute approximate surface area is 55.5 Å². The summed E-state index contributed by atoms with van der Waals surface area (Å²) in [5.74, 6) is 0. The first-order chi connectivity index (χ1) is 2.91. The van der Waals surface area contributed by atoms with Crippen molar-refractivity contribution < 1.29 is 16.8 Å². The molecule has 0 aromatic rings. The summed E-state index contributed by atoms with van der Waals surface area (Å²) in [4.78, 5) is 0. The molecule has 0 aromatic heterocycles. The molecule has 1 heteroatoms. The van der Waals surface area contributed by atoms with Crippen LogP contribution in [0, 0.1) is 0 Å². The van der Waals surface area contributed by atoms with Crippen LogP contribution in [0.15, 0.2) is 24.8 Å². The van der Waals surface area contributed by atoms with Crippen molar-refractivity contribution in [3.05, 3.63) is 24.8 Å². The summed E-state index contributed by atoms with van der Waals surface area (Å²) in [7, 11) is 0. The van der Waals surface area contributed by atoms with E-state index in [2.05, 4.69) is 19.6 Å². The van der Waals surface area contributed by atoms with Gasteiger partial charge in [-0.1, -0.05) is 31.7 Å². The third-order valence-electron chi connectivity index (χ3n) is 0.508. The summed E-state index contributed by atoms with van der Waals surface area (Å²) >= 11 is 0. The molecular formula is C6H10Co. The van der Waals surface area contributed by atoms with Gasteiger partial charge in [-0.3, -0.25) is 0 Å². The van der Waals surface area contributed by atoms with E-state index < -0.39 is 0 Å². The van der Waals surface area contributed by atoms with E-state index in [9.17, 15) is 0 Å². The van der Waals surface area contributed by atoms with Crippen molar-refractivity contribution in [2.75, 3.05) is 0 Å². The Morgan fingerprint density at radius 3 is 2.29 bits per heavy atom. The van der Waals surface area contributed by atoms with Crippen molar-refractivity contribution in [2.45, 2.75) is 13.3 Å². The van der Waals surface area contributed by atoms with E-state index in [4.69, 9.17) is 0 Å². The molecule has 0 amide bonds. The molecule has 0 N–H and O–H groups in total. The summed E-state index contributed by atoms with van der Waals surface area (Å²) < 4.78 is 0. The van der Waals surface area contributed by atoms with Crippen molar-refractivity contribution >= 4 is 0 Å². The van der Waals surface area contributed by atoms with Crippen LogP contribution in [0.4, 0.5) is 0 Å². The first-order valence-electron chi connectivity index (χ1n) is 2.19. The summed E-state index contributed by atoms with van der Waals surface area (Å²) in [6.07, 6.45) is 6.89. The van der Waals surface area contributed by atoms with Gasteiger partial charge in [-0.25, -0.2) is 0 Å². The Morgan fingerprint density at radius 1 is 1.57 bits per heavy atom. The van der Waals surface area contributed by atoms with Crippen LogP contribution in [-0.4, -0.2) is 0 Å². The second kappa shape index (κ2) is 9.37. The van der Waals surface area contributed by atoms with Gasteiger partial charge in [0, 0.05) is 16.8 Å². The zero-order chi connectivity index (χ0) is 4.83. The molecule has 0 saturated carbocycles. The standard InChI is InChI=1S/C6H10.Co/c1-3-5-6-4-2;/h3,5-6H,1,4H2,2H3;. The van der Waals surface area contributed by atoms with E-state index in [1.165, 1.54) is 0 Å². The smallest absolute Gasteiger partial charge is 0 e. The molecule has 0 unspecified atom stereocenters. The van der Waals surface area contributed by atoms with Crippen LogP contribution in [0.2, 0.25) is 0 Å². The average molecular weight is 141 g/mol. The second-order valence-corrected chi connectivity index (χ2v) is 1.07. The Morgan fingerprint density at radius 2 is 2.14 bits per heavy atom. The third-order valence-corrected chi connectivity index (χ3v) is 0.508. The Hall–Kier alpha value is -0.0135. The third kappa shape index (κ3) is 10.7. The van der Waals surface area contributed by atoms with Gasteiger partial charge in [0.2, 0.25) is 0 Å². The predicted molar refractivity (Wildman–Crippen MR) is 29.6 cm³/mol. The van der Waals surface area contributed by atoms with Crippen molar-refractivity contribution in [1.29, 1.82) is 0 Å². The van der Waals surface area contributed by atoms with E-state index in [1.54, 1.807) is 6.08 Å².